The summed E-state index contributed by atoms with van der Waals surface area (Å²) in [4.78, 5) is 7.89. The van der Waals surface area contributed by atoms with Gasteiger partial charge in [0.15, 0.2) is 11.5 Å². The van der Waals surface area contributed by atoms with Gasteiger partial charge >= 0.3 is 0 Å². The molecule has 1 atom stereocenters. The summed E-state index contributed by atoms with van der Waals surface area (Å²) in [5, 5.41) is 0. The minimum absolute atomic E-state index is 0.435. The Kier molecular flexibility index (Phi) is 2.86. The van der Waals surface area contributed by atoms with Crippen LogP contribution in [0.5, 0.6) is 11.5 Å². The number of nitrogens with two attached hydrogens (primary N) is 1. The van der Waals surface area contributed by atoms with Crippen molar-refractivity contribution in [1.29, 1.82) is 0 Å². The van der Waals surface area contributed by atoms with E-state index in [1.807, 2.05) is 19.1 Å². The van der Waals surface area contributed by atoms with Crippen LogP contribution in [0.15, 0.2) is 12.1 Å². The van der Waals surface area contributed by atoms with Crippen LogP contribution < -0.4 is 15.2 Å². The summed E-state index contributed by atoms with van der Waals surface area (Å²) in [7, 11) is 0. The molecule has 2 heterocycles. The summed E-state index contributed by atoms with van der Waals surface area (Å²) >= 11 is 0. The molecule has 0 aliphatic carbocycles. The van der Waals surface area contributed by atoms with E-state index in [0.29, 0.717) is 13.2 Å². The first-order valence-electron chi connectivity index (χ1n) is 6.69. The molecule has 102 valence electrons. The van der Waals surface area contributed by atoms with E-state index >= 15 is 0 Å². The molecule has 0 amide bonds. The van der Waals surface area contributed by atoms with Crippen LogP contribution in [0.1, 0.15) is 32.5 Å². The number of nitrogens with one attached hydrogen (secondary N) is 1. The number of nitrogens with zero attached hydrogens (tertiary/aromatic N) is 1. The SMILES string of the molecule is CCCC(C)(N)c1nc2cc3c(cc2[nH]1)OCCO3. The highest BCUT2D eigenvalue weighted by atomic mass is 16.6. The summed E-state index contributed by atoms with van der Waals surface area (Å²) < 4.78 is 11.1. The highest BCUT2D eigenvalue weighted by Crippen LogP contribution is 2.34. The molecular weight excluding hydrogens is 242 g/mol. The highest BCUT2D eigenvalue weighted by Gasteiger charge is 2.25. The van der Waals surface area contributed by atoms with E-state index in [1.165, 1.54) is 0 Å². The second-order valence-electron chi connectivity index (χ2n) is 5.27. The zero-order valence-corrected chi connectivity index (χ0v) is 11.3. The number of benzene rings is 1. The Balaban J connectivity index is 2.05. The molecule has 1 aliphatic heterocycles. The number of imidazole rings is 1. The average molecular weight is 261 g/mol. The van der Waals surface area contributed by atoms with Gasteiger partial charge in [-0.3, -0.25) is 0 Å². The molecule has 0 fully saturated rings. The third-order valence-corrected chi connectivity index (χ3v) is 3.46. The Morgan fingerprint density at radius 2 is 2.00 bits per heavy atom. The van der Waals surface area contributed by atoms with E-state index in [9.17, 15) is 0 Å². The van der Waals surface area contributed by atoms with E-state index in [-0.39, 0.29) is 0 Å². The van der Waals surface area contributed by atoms with Crippen LogP contribution >= 0.6 is 0 Å². The quantitative estimate of drug-likeness (QED) is 0.889. The van der Waals surface area contributed by atoms with Crippen LogP contribution in [-0.4, -0.2) is 23.2 Å². The number of H-pyrrole nitrogens is 1. The number of aromatic nitrogens is 2. The van der Waals surface area contributed by atoms with Gasteiger partial charge in [0.2, 0.25) is 0 Å². The lowest BCUT2D eigenvalue weighted by Gasteiger charge is -2.20. The highest BCUT2D eigenvalue weighted by molar-refractivity contribution is 5.80. The molecule has 3 rings (SSSR count). The summed E-state index contributed by atoms with van der Waals surface area (Å²) in [5.74, 6) is 2.33. The van der Waals surface area contributed by atoms with Gasteiger partial charge in [-0.1, -0.05) is 13.3 Å². The van der Waals surface area contributed by atoms with E-state index in [2.05, 4.69) is 16.9 Å². The Bertz CT molecular complexity index is 561. The van der Waals surface area contributed by atoms with E-state index in [0.717, 1.165) is 41.2 Å². The van der Waals surface area contributed by atoms with Crippen LogP contribution in [-0.2, 0) is 5.54 Å². The topological polar surface area (TPSA) is 73.2 Å². The van der Waals surface area contributed by atoms with Gasteiger partial charge in [0.1, 0.15) is 19.0 Å². The first-order valence-corrected chi connectivity index (χ1v) is 6.69. The van der Waals surface area contributed by atoms with Crippen molar-refractivity contribution < 1.29 is 9.47 Å². The first kappa shape index (κ1) is 12.3. The Hall–Kier alpha value is -1.75. The summed E-state index contributed by atoms with van der Waals surface area (Å²) in [6, 6.07) is 3.84. The van der Waals surface area contributed by atoms with Crippen molar-refractivity contribution in [3.63, 3.8) is 0 Å². The minimum atomic E-state index is -0.435. The number of aromatic amines is 1. The fraction of sp³-hybridized carbons (Fsp3) is 0.500. The molecule has 1 unspecified atom stereocenters. The standard InChI is InChI=1S/C14H19N3O2/c1-3-4-14(2,15)13-16-9-7-11-12(8-10(9)17-13)19-6-5-18-11/h7-8H,3-6,15H2,1-2H3,(H,16,17). The average Bonchev–Trinajstić information content (AvgIpc) is 2.79. The van der Waals surface area contributed by atoms with E-state index in [1.54, 1.807) is 0 Å². The third kappa shape index (κ3) is 2.14. The number of rotatable bonds is 3. The largest absolute Gasteiger partial charge is 0.486 e. The van der Waals surface area contributed by atoms with Crippen LogP contribution in [0, 0.1) is 0 Å². The van der Waals surface area contributed by atoms with Crippen LogP contribution in [0.2, 0.25) is 0 Å². The molecule has 0 saturated carbocycles. The van der Waals surface area contributed by atoms with Gasteiger partial charge in [0.05, 0.1) is 16.6 Å². The van der Waals surface area contributed by atoms with Gasteiger partial charge in [0.25, 0.3) is 0 Å². The molecule has 0 spiro atoms. The Morgan fingerprint density at radius 3 is 2.68 bits per heavy atom. The maximum atomic E-state index is 6.31. The van der Waals surface area contributed by atoms with Crippen LogP contribution in [0.4, 0.5) is 0 Å². The number of ether oxygens (including phenoxy) is 2. The van der Waals surface area contributed by atoms with Gasteiger partial charge in [-0.15, -0.1) is 0 Å². The van der Waals surface area contributed by atoms with Gasteiger partial charge in [-0.05, 0) is 13.3 Å². The lowest BCUT2D eigenvalue weighted by Crippen LogP contribution is -2.34. The molecule has 1 aromatic carbocycles. The lowest BCUT2D eigenvalue weighted by molar-refractivity contribution is 0.172. The summed E-state index contributed by atoms with van der Waals surface area (Å²) in [5.41, 5.74) is 7.68. The molecule has 2 aromatic rings. The molecule has 3 N–H and O–H groups in total. The smallest absolute Gasteiger partial charge is 0.163 e. The van der Waals surface area contributed by atoms with Crippen molar-refractivity contribution in [2.75, 3.05) is 13.2 Å². The predicted molar refractivity (Wildman–Crippen MR) is 73.5 cm³/mol. The Labute approximate surface area is 112 Å². The summed E-state index contributed by atoms with van der Waals surface area (Å²) in [6.07, 6.45) is 1.91. The Morgan fingerprint density at radius 1 is 1.32 bits per heavy atom. The number of fused-ring (bicyclic) bond motifs is 2. The van der Waals surface area contributed by atoms with Gasteiger partial charge < -0.3 is 20.2 Å². The van der Waals surface area contributed by atoms with Gasteiger partial charge in [-0.2, -0.15) is 0 Å². The monoisotopic (exact) mass is 261 g/mol. The lowest BCUT2D eigenvalue weighted by atomic mass is 9.97. The zero-order chi connectivity index (χ0) is 13.5. The molecule has 1 aromatic heterocycles. The second kappa shape index (κ2) is 4.42. The fourth-order valence-electron chi connectivity index (χ4n) is 2.45. The second-order valence-corrected chi connectivity index (χ2v) is 5.27. The zero-order valence-electron chi connectivity index (χ0n) is 11.3. The molecule has 0 saturated heterocycles. The molecule has 0 bridgehead atoms. The maximum absolute atomic E-state index is 6.31. The van der Waals surface area contributed by atoms with Crippen molar-refractivity contribution in [3.05, 3.63) is 18.0 Å². The molecule has 1 aliphatic rings. The number of hydrogen-bond acceptors (Lipinski definition) is 4. The molecule has 5 heteroatoms. The number of hydrogen-bond donors (Lipinski definition) is 2. The third-order valence-electron chi connectivity index (χ3n) is 3.46. The molecule has 0 radical (unpaired) electrons. The van der Waals surface area contributed by atoms with Crippen molar-refractivity contribution in [3.8, 4) is 11.5 Å². The molecule has 19 heavy (non-hydrogen) atoms. The normalized spacial score (nSPS) is 17.4. The van der Waals surface area contributed by atoms with Gasteiger partial charge in [-0.25, -0.2) is 4.98 Å². The molecule has 5 nitrogen and oxygen atoms in total. The first-order chi connectivity index (χ1) is 9.10. The van der Waals surface area contributed by atoms with Gasteiger partial charge in [0, 0.05) is 12.1 Å². The van der Waals surface area contributed by atoms with Crippen molar-refractivity contribution in [2.45, 2.75) is 32.2 Å². The van der Waals surface area contributed by atoms with Crippen LogP contribution in [0.25, 0.3) is 11.0 Å². The molecular formula is C14H19N3O2. The summed E-state index contributed by atoms with van der Waals surface area (Å²) in [6.45, 7) is 5.29. The van der Waals surface area contributed by atoms with E-state index in [4.69, 9.17) is 15.2 Å². The van der Waals surface area contributed by atoms with Crippen LogP contribution in [0.3, 0.4) is 0 Å². The maximum Gasteiger partial charge on any atom is 0.163 e. The minimum Gasteiger partial charge on any atom is -0.486 e. The fourth-order valence-corrected chi connectivity index (χ4v) is 2.45. The van der Waals surface area contributed by atoms with Crippen molar-refractivity contribution in [1.82, 2.24) is 9.97 Å². The van der Waals surface area contributed by atoms with Crippen molar-refractivity contribution in [2.24, 2.45) is 5.73 Å². The predicted octanol–water partition coefficient (Wildman–Crippen LogP) is 2.31. The van der Waals surface area contributed by atoms with E-state index < -0.39 is 5.54 Å². The van der Waals surface area contributed by atoms with Crippen molar-refractivity contribution >= 4 is 11.0 Å².